The molecule has 0 nitrogen and oxygen atoms in total. The van der Waals surface area contributed by atoms with Gasteiger partial charge in [0, 0.05) is 4.08 Å². The van der Waals surface area contributed by atoms with Crippen molar-refractivity contribution in [3.63, 3.8) is 0 Å². The molecule has 0 aromatic heterocycles. The van der Waals surface area contributed by atoms with Gasteiger partial charge in [-0.2, -0.15) is 0 Å². The molecular weight excluding hydrogens is 235 g/mol. The van der Waals surface area contributed by atoms with Crippen LogP contribution in [0.25, 0.3) is 6.08 Å². The van der Waals surface area contributed by atoms with Gasteiger partial charge in [-0.05, 0) is 34.2 Å². The maximum Gasteiger partial charge on any atom is 0.0187 e. The van der Waals surface area contributed by atoms with E-state index < -0.39 is 0 Å². The SMILES string of the molecule is IC=C=Cc1ccccc1. The van der Waals surface area contributed by atoms with Crippen LogP contribution in [-0.2, 0) is 0 Å². The van der Waals surface area contributed by atoms with E-state index in [1.165, 1.54) is 5.56 Å². The number of benzene rings is 1. The Morgan fingerprint density at radius 3 is 2.50 bits per heavy atom. The quantitative estimate of drug-likeness (QED) is 0.523. The van der Waals surface area contributed by atoms with E-state index in [-0.39, 0.29) is 0 Å². The molecule has 0 aliphatic rings. The first-order valence-corrected chi connectivity index (χ1v) is 4.24. The van der Waals surface area contributed by atoms with Gasteiger partial charge in [0.25, 0.3) is 0 Å². The summed E-state index contributed by atoms with van der Waals surface area (Å²) >= 11 is 2.15. The third kappa shape index (κ3) is 2.38. The standard InChI is InChI=1S/C9H7I/c10-8-4-7-9-5-2-1-3-6-9/h1-3,5-8H. The third-order valence-electron chi connectivity index (χ3n) is 1.11. The summed E-state index contributed by atoms with van der Waals surface area (Å²) in [6, 6.07) is 10.1. The topological polar surface area (TPSA) is 0 Å². The van der Waals surface area contributed by atoms with Crippen molar-refractivity contribution in [3.8, 4) is 0 Å². The van der Waals surface area contributed by atoms with Gasteiger partial charge < -0.3 is 0 Å². The van der Waals surface area contributed by atoms with Gasteiger partial charge in [-0.3, -0.25) is 0 Å². The van der Waals surface area contributed by atoms with Crippen molar-refractivity contribution in [2.24, 2.45) is 0 Å². The van der Waals surface area contributed by atoms with E-state index in [4.69, 9.17) is 0 Å². The second-order valence-corrected chi connectivity index (χ2v) is 2.45. The molecule has 0 spiro atoms. The molecule has 0 N–H and O–H groups in total. The maximum absolute atomic E-state index is 3.00. The second-order valence-electron chi connectivity index (χ2n) is 1.83. The molecule has 10 heavy (non-hydrogen) atoms. The molecule has 0 saturated carbocycles. The molecule has 1 aromatic carbocycles. The zero-order chi connectivity index (χ0) is 7.23. The van der Waals surface area contributed by atoms with Crippen LogP contribution < -0.4 is 0 Å². The predicted octanol–water partition coefficient (Wildman–Crippen LogP) is 3.25. The van der Waals surface area contributed by atoms with Crippen LogP contribution in [-0.4, -0.2) is 0 Å². The van der Waals surface area contributed by atoms with Gasteiger partial charge in [0.2, 0.25) is 0 Å². The number of rotatable bonds is 1. The molecule has 1 aromatic rings. The highest BCUT2D eigenvalue weighted by Crippen LogP contribution is 1.99. The van der Waals surface area contributed by atoms with Gasteiger partial charge in [0.15, 0.2) is 0 Å². The summed E-state index contributed by atoms with van der Waals surface area (Å²) in [5, 5.41) is 0. The van der Waals surface area contributed by atoms with Crippen LogP contribution in [0.5, 0.6) is 0 Å². The summed E-state index contributed by atoms with van der Waals surface area (Å²) in [7, 11) is 0. The van der Waals surface area contributed by atoms with Crippen LogP contribution in [0.3, 0.4) is 0 Å². The van der Waals surface area contributed by atoms with Gasteiger partial charge in [-0.25, -0.2) is 0 Å². The summed E-state index contributed by atoms with van der Waals surface area (Å²) in [5.41, 5.74) is 4.19. The first-order valence-electron chi connectivity index (χ1n) is 2.99. The smallest absolute Gasteiger partial charge is 0.0187 e. The Labute approximate surface area is 74.4 Å². The van der Waals surface area contributed by atoms with Crippen molar-refractivity contribution in [1.82, 2.24) is 0 Å². The van der Waals surface area contributed by atoms with E-state index in [1.807, 2.05) is 40.5 Å². The summed E-state index contributed by atoms with van der Waals surface area (Å²) in [6.07, 6.45) is 1.95. The number of hydrogen-bond donors (Lipinski definition) is 0. The maximum atomic E-state index is 3.00. The van der Waals surface area contributed by atoms with Crippen molar-refractivity contribution >= 4 is 28.7 Å². The lowest BCUT2D eigenvalue weighted by atomic mass is 10.2. The predicted molar refractivity (Wildman–Crippen MR) is 53.0 cm³/mol. The first-order chi connectivity index (χ1) is 4.93. The largest absolute Gasteiger partial charge is 0.114 e. The molecule has 0 radical (unpaired) electrons. The highest BCUT2D eigenvalue weighted by atomic mass is 127. The van der Waals surface area contributed by atoms with Crippen molar-refractivity contribution in [2.75, 3.05) is 0 Å². The lowest BCUT2D eigenvalue weighted by Gasteiger charge is -1.85. The van der Waals surface area contributed by atoms with Crippen molar-refractivity contribution < 1.29 is 0 Å². The van der Waals surface area contributed by atoms with E-state index in [1.54, 1.807) is 0 Å². The molecule has 0 atom stereocenters. The molecule has 0 amide bonds. The lowest BCUT2D eigenvalue weighted by Crippen LogP contribution is -1.64. The minimum absolute atomic E-state index is 1.19. The fourth-order valence-electron chi connectivity index (χ4n) is 0.677. The van der Waals surface area contributed by atoms with Gasteiger partial charge >= 0.3 is 0 Å². The Morgan fingerprint density at radius 2 is 1.90 bits per heavy atom. The summed E-state index contributed by atoms with van der Waals surface area (Å²) in [5.74, 6) is 0. The fraction of sp³-hybridized carbons (Fsp3) is 0. The van der Waals surface area contributed by atoms with Crippen LogP contribution in [0.15, 0.2) is 40.1 Å². The monoisotopic (exact) mass is 242 g/mol. The molecule has 1 rings (SSSR count). The number of hydrogen-bond acceptors (Lipinski definition) is 0. The molecule has 0 heterocycles. The van der Waals surface area contributed by atoms with Crippen LogP contribution in [0.1, 0.15) is 5.56 Å². The summed E-state index contributed by atoms with van der Waals surface area (Å²) in [4.78, 5) is 0. The average Bonchev–Trinajstić information content (AvgIpc) is 2.03. The molecule has 0 bridgehead atoms. The Morgan fingerprint density at radius 1 is 1.20 bits per heavy atom. The lowest BCUT2D eigenvalue weighted by molar-refractivity contribution is 1.66. The van der Waals surface area contributed by atoms with Gasteiger partial charge in [0.05, 0.1) is 0 Å². The average molecular weight is 242 g/mol. The molecule has 1 heteroatoms. The number of halogens is 1. The Balaban J connectivity index is 2.87. The van der Waals surface area contributed by atoms with Crippen molar-refractivity contribution in [1.29, 1.82) is 0 Å². The molecular formula is C9H7I. The highest BCUT2D eigenvalue weighted by Gasteiger charge is 1.77. The zero-order valence-electron chi connectivity index (χ0n) is 5.42. The minimum Gasteiger partial charge on any atom is -0.114 e. The second kappa shape index (κ2) is 4.31. The molecule has 0 unspecified atom stereocenters. The normalized spacial score (nSPS) is 8.10. The molecule has 0 aliphatic heterocycles. The van der Waals surface area contributed by atoms with Crippen molar-refractivity contribution in [3.05, 3.63) is 45.7 Å². The van der Waals surface area contributed by atoms with E-state index in [2.05, 4.69) is 28.3 Å². The van der Waals surface area contributed by atoms with E-state index in [0.29, 0.717) is 0 Å². The highest BCUT2D eigenvalue weighted by molar-refractivity contribution is 14.1. The summed E-state index contributed by atoms with van der Waals surface area (Å²) in [6.45, 7) is 0. The summed E-state index contributed by atoms with van der Waals surface area (Å²) < 4.78 is 1.87. The van der Waals surface area contributed by atoms with Crippen LogP contribution in [0, 0.1) is 0 Å². The fourth-order valence-corrected chi connectivity index (χ4v) is 0.857. The molecule has 0 aliphatic carbocycles. The zero-order valence-corrected chi connectivity index (χ0v) is 7.58. The van der Waals surface area contributed by atoms with Crippen LogP contribution in [0.2, 0.25) is 0 Å². The van der Waals surface area contributed by atoms with Gasteiger partial charge in [-0.1, -0.05) is 30.3 Å². The Hall–Kier alpha value is -0.530. The third-order valence-corrected chi connectivity index (χ3v) is 1.47. The minimum atomic E-state index is 1.19. The van der Waals surface area contributed by atoms with E-state index >= 15 is 0 Å². The van der Waals surface area contributed by atoms with Crippen LogP contribution >= 0.6 is 22.6 Å². The Bertz CT molecular complexity index is 243. The van der Waals surface area contributed by atoms with E-state index in [0.717, 1.165) is 0 Å². The molecule has 50 valence electrons. The van der Waals surface area contributed by atoms with Gasteiger partial charge in [0.1, 0.15) is 0 Å². The van der Waals surface area contributed by atoms with E-state index in [9.17, 15) is 0 Å². The molecule has 0 fully saturated rings. The van der Waals surface area contributed by atoms with Gasteiger partial charge in [-0.15, -0.1) is 5.73 Å². The first kappa shape index (κ1) is 7.58. The Kier molecular flexibility index (Phi) is 3.27. The molecule has 0 saturated heterocycles. The van der Waals surface area contributed by atoms with Crippen LogP contribution in [0.4, 0.5) is 0 Å². The van der Waals surface area contributed by atoms with Crippen molar-refractivity contribution in [2.45, 2.75) is 0 Å².